The molecule has 1 aromatic carbocycles. The molecule has 5 nitrogen and oxygen atoms in total. The number of alkyl halides is 3. The van der Waals surface area contributed by atoms with Crippen molar-refractivity contribution in [2.75, 3.05) is 13.2 Å². The van der Waals surface area contributed by atoms with Crippen LogP contribution in [0.2, 0.25) is 0 Å². The van der Waals surface area contributed by atoms with Crippen molar-refractivity contribution in [3.8, 4) is 0 Å². The van der Waals surface area contributed by atoms with Crippen LogP contribution in [0, 0.1) is 0 Å². The number of ether oxygens (including phenoxy) is 2. The van der Waals surface area contributed by atoms with E-state index in [9.17, 15) is 28.2 Å². The molecule has 22 heavy (non-hydrogen) atoms. The average Bonchev–Trinajstić information content (AvgIpc) is 2.46. The van der Waals surface area contributed by atoms with E-state index in [1.807, 2.05) is 0 Å². The third-order valence-electron chi connectivity index (χ3n) is 2.89. The molecule has 2 atom stereocenters. The van der Waals surface area contributed by atoms with Crippen molar-refractivity contribution in [1.82, 2.24) is 0 Å². The fourth-order valence-electron chi connectivity index (χ4n) is 1.63. The van der Waals surface area contributed by atoms with Gasteiger partial charge in [0.25, 0.3) is 0 Å². The van der Waals surface area contributed by atoms with Gasteiger partial charge in [0.15, 0.2) is 6.10 Å². The van der Waals surface area contributed by atoms with Crippen LogP contribution in [0.3, 0.4) is 0 Å². The van der Waals surface area contributed by atoms with E-state index in [1.54, 1.807) is 30.3 Å². The molecule has 0 aromatic heterocycles. The van der Waals surface area contributed by atoms with Crippen LogP contribution in [0.25, 0.3) is 0 Å². The second kappa shape index (κ2) is 7.57. The highest BCUT2D eigenvalue weighted by molar-refractivity contribution is 5.76. The molecule has 8 heteroatoms. The molecule has 0 fully saturated rings. The number of esters is 1. The molecule has 0 saturated carbocycles. The van der Waals surface area contributed by atoms with Crippen LogP contribution in [0.5, 0.6) is 0 Å². The van der Waals surface area contributed by atoms with E-state index in [1.165, 1.54) is 6.92 Å². The molecule has 0 spiro atoms. The molecule has 0 aliphatic rings. The second-order valence-corrected chi connectivity index (χ2v) is 4.55. The molecule has 0 amide bonds. The fraction of sp³-hybridized carbons (Fsp3) is 0.500. The first-order valence-corrected chi connectivity index (χ1v) is 6.48. The zero-order valence-electron chi connectivity index (χ0n) is 11.8. The van der Waals surface area contributed by atoms with Gasteiger partial charge in [-0.25, -0.2) is 4.79 Å². The number of halogens is 3. The highest BCUT2D eigenvalue weighted by atomic mass is 19.4. The molecule has 0 heterocycles. The summed E-state index contributed by atoms with van der Waals surface area (Å²) >= 11 is 0. The van der Waals surface area contributed by atoms with Crippen LogP contribution >= 0.6 is 0 Å². The van der Waals surface area contributed by atoms with Gasteiger partial charge in [-0.15, -0.1) is 0 Å². The lowest BCUT2D eigenvalue weighted by molar-refractivity contribution is -0.303. The van der Waals surface area contributed by atoms with Gasteiger partial charge in [-0.3, -0.25) is 0 Å². The Kier molecular flexibility index (Phi) is 6.34. The standard InChI is InChI=1S/C14H17F3O5/c1-2-22-12(19)11(18)13(20,14(15,16)17)9-21-8-10-6-4-3-5-7-10/h3-7,11,18,20H,2,8-9H2,1H3/t11-,13-/m1/s1. The lowest BCUT2D eigenvalue weighted by Crippen LogP contribution is -2.60. The van der Waals surface area contributed by atoms with Crippen molar-refractivity contribution >= 4 is 5.97 Å². The van der Waals surface area contributed by atoms with Crippen molar-refractivity contribution < 1.29 is 37.7 Å². The second-order valence-electron chi connectivity index (χ2n) is 4.55. The van der Waals surface area contributed by atoms with Crippen LogP contribution < -0.4 is 0 Å². The average molecular weight is 322 g/mol. The highest BCUT2D eigenvalue weighted by Gasteiger charge is 2.61. The number of aliphatic hydroxyl groups excluding tert-OH is 1. The van der Waals surface area contributed by atoms with E-state index in [2.05, 4.69) is 4.74 Å². The van der Waals surface area contributed by atoms with Gasteiger partial charge in [-0.2, -0.15) is 13.2 Å². The minimum Gasteiger partial charge on any atom is -0.464 e. The number of rotatable bonds is 7. The summed E-state index contributed by atoms with van der Waals surface area (Å²) in [7, 11) is 0. The predicted molar refractivity (Wildman–Crippen MR) is 69.7 cm³/mol. The van der Waals surface area contributed by atoms with Crippen molar-refractivity contribution in [3.63, 3.8) is 0 Å². The Morgan fingerprint density at radius 3 is 2.36 bits per heavy atom. The molecule has 0 radical (unpaired) electrons. The number of carbonyl (C=O) groups excluding carboxylic acids is 1. The number of hydrogen-bond acceptors (Lipinski definition) is 5. The van der Waals surface area contributed by atoms with E-state index < -0.39 is 30.5 Å². The minimum absolute atomic E-state index is 0.214. The Bertz CT molecular complexity index is 477. The van der Waals surface area contributed by atoms with Crippen molar-refractivity contribution in [1.29, 1.82) is 0 Å². The molecule has 0 unspecified atom stereocenters. The van der Waals surface area contributed by atoms with Crippen LogP contribution in [0.15, 0.2) is 30.3 Å². The Morgan fingerprint density at radius 1 is 1.27 bits per heavy atom. The molecule has 0 saturated heterocycles. The smallest absolute Gasteiger partial charge is 0.422 e. The summed E-state index contributed by atoms with van der Waals surface area (Å²) in [6.07, 6.45) is -8.06. The first-order chi connectivity index (χ1) is 10.2. The maximum atomic E-state index is 13.0. The third-order valence-corrected chi connectivity index (χ3v) is 2.89. The molecule has 1 rings (SSSR count). The maximum absolute atomic E-state index is 13.0. The molecule has 0 aliphatic carbocycles. The zero-order valence-corrected chi connectivity index (χ0v) is 11.8. The molecule has 2 N–H and O–H groups in total. The first kappa shape index (κ1) is 18.4. The summed E-state index contributed by atoms with van der Waals surface area (Å²) in [6, 6.07) is 8.30. The number of carbonyl (C=O) groups is 1. The normalized spacial score (nSPS) is 15.9. The van der Waals surface area contributed by atoms with Crippen LogP contribution in [-0.4, -0.2) is 47.3 Å². The van der Waals surface area contributed by atoms with E-state index in [0.29, 0.717) is 5.56 Å². The first-order valence-electron chi connectivity index (χ1n) is 6.48. The lowest BCUT2D eigenvalue weighted by Gasteiger charge is -2.33. The van der Waals surface area contributed by atoms with Crippen LogP contribution in [0.1, 0.15) is 12.5 Å². The topological polar surface area (TPSA) is 76.0 Å². The summed E-state index contributed by atoms with van der Waals surface area (Å²) in [5.74, 6) is -1.56. The number of aliphatic hydroxyl groups is 2. The molecular formula is C14H17F3O5. The van der Waals surface area contributed by atoms with Crippen LogP contribution in [-0.2, 0) is 20.9 Å². The van der Waals surface area contributed by atoms with Gasteiger partial charge < -0.3 is 19.7 Å². The van der Waals surface area contributed by atoms with Gasteiger partial charge in [0.2, 0.25) is 5.60 Å². The van der Waals surface area contributed by atoms with Crippen molar-refractivity contribution in [2.24, 2.45) is 0 Å². The number of hydrogen-bond donors (Lipinski definition) is 2. The van der Waals surface area contributed by atoms with Gasteiger partial charge in [0, 0.05) is 0 Å². The predicted octanol–water partition coefficient (Wildman–Crippen LogP) is 1.42. The molecule has 124 valence electrons. The van der Waals surface area contributed by atoms with Crippen molar-refractivity contribution in [3.05, 3.63) is 35.9 Å². The van der Waals surface area contributed by atoms with Crippen molar-refractivity contribution in [2.45, 2.75) is 31.4 Å². The monoisotopic (exact) mass is 322 g/mol. The number of benzene rings is 1. The SMILES string of the molecule is CCOC(=O)[C@@H](O)[C@](O)(COCc1ccccc1)C(F)(F)F. The Morgan fingerprint density at radius 2 is 1.86 bits per heavy atom. The van der Waals surface area contributed by atoms with Gasteiger partial charge >= 0.3 is 12.1 Å². The van der Waals surface area contributed by atoms with Gasteiger partial charge in [0.05, 0.1) is 19.8 Å². The molecular weight excluding hydrogens is 305 g/mol. The zero-order chi connectivity index (χ0) is 16.8. The fourth-order valence-corrected chi connectivity index (χ4v) is 1.63. The third kappa shape index (κ3) is 4.43. The van der Waals surface area contributed by atoms with Gasteiger partial charge in [-0.1, -0.05) is 30.3 Å². The molecule has 1 aromatic rings. The highest BCUT2D eigenvalue weighted by Crippen LogP contribution is 2.34. The molecule has 0 bridgehead atoms. The summed E-state index contributed by atoms with van der Waals surface area (Å²) in [5, 5.41) is 19.2. The van der Waals surface area contributed by atoms with E-state index in [4.69, 9.17) is 4.74 Å². The van der Waals surface area contributed by atoms with Gasteiger partial charge in [-0.05, 0) is 12.5 Å². The molecule has 0 aliphatic heterocycles. The summed E-state index contributed by atoms with van der Waals surface area (Å²) < 4.78 is 48.1. The van der Waals surface area contributed by atoms with Crippen LogP contribution in [0.4, 0.5) is 13.2 Å². The summed E-state index contributed by atoms with van der Waals surface area (Å²) in [5.41, 5.74) is -3.16. The Labute approximate surface area is 125 Å². The van der Waals surface area contributed by atoms with Gasteiger partial charge in [0.1, 0.15) is 0 Å². The van der Waals surface area contributed by atoms with E-state index >= 15 is 0 Å². The minimum atomic E-state index is -5.27. The van der Waals surface area contributed by atoms with E-state index in [-0.39, 0.29) is 13.2 Å². The lowest BCUT2D eigenvalue weighted by atomic mass is 9.97. The summed E-state index contributed by atoms with van der Waals surface area (Å²) in [6.45, 7) is -0.377. The summed E-state index contributed by atoms with van der Waals surface area (Å²) in [4.78, 5) is 11.3. The quantitative estimate of drug-likeness (QED) is 0.743. The Balaban J connectivity index is 2.78. The largest absolute Gasteiger partial charge is 0.464 e. The van der Waals surface area contributed by atoms with E-state index in [0.717, 1.165) is 0 Å². The maximum Gasteiger partial charge on any atom is 0.422 e. The Hall–Kier alpha value is -1.64.